The van der Waals surface area contributed by atoms with Crippen molar-refractivity contribution in [1.29, 1.82) is 0 Å². The van der Waals surface area contributed by atoms with Crippen molar-refractivity contribution in [3.8, 4) is 5.75 Å². The fourth-order valence-electron chi connectivity index (χ4n) is 2.62. The number of nitrogens with zero attached hydrogens (tertiary/aromatic N) is 4. The number of nitrogens with one attached hydrogen (secondary N) is 1. The Hall–Kier alpha value is -2.15. The highest BCUT2D eigenvalue weighted by Crippen LogP contribution is 2.28. The molecule has 3 N–H and O–H groups in total. The van der Waals surface area contributed by atoms with E-state index in [1.54, 1.807) is 19.4 Å². The van der Waals surface area contributed by atoms with Crippen LogP contribution in [0, 0.1) is 0 Å². The predicted molar refractivity (Wildman–Crippen MR) is 82.4 cm³/mol. The van der Waals surface area contributed by atoms with E-state index < -0.39 is 0 Å². The highest BCUT2D eigenvalue weighted by atomic mass is 16.5. The Balaban J connectivity index is 1.87. The quantitative estimate of drug-likeness (QED) is 0.874. The van der Waals surface area contributed by atoms with Crippen molar-refractivity contribution < 1.29 is 4.74 Å². The number of nitrogens with two attached hydrogens (primary N) is 1. The smallest absolute Gasteiger partial charge is 0.226 e. The van der Waals surface area contributed by atoms with Gasteiger partial charge in [0.15, 0.2) is 5.65 Å². The lowest BCUT2D eigenvalue weighted by atomic mass is 10.1. The molecule has 0 aromatic carbocycles. The second-order valence-corrected chi connectivity index (χ2v) is 5.37. The maximum atomic E-state index is 6.04. The number of anilines is 2. The Kier molecular flexibility index (Phi) is 3.74. The molecule has 0 aliphatic carbocycles. The van der Waals surface area contributed by atoms with Crippen LogP contribution in [-0.4, -0.2) is 53.1 Å². The molecule has 0 bridgehead atoms. The average molecular weight is 288 g/mol. The molecule has 1 fully saturated rings. The van der Waals surface area contributed by atoms with Crippen LogP contribution >= 0.6 is 0 Å². The van der Waals surface area contributed by atoms with Crippen molar-refractivity contribution in [2.45, 2.75) is 18.9 Å². The van der Waals surface area contributed by atoms with Gasteiger partial charge in [0.05, 0.1) is 7.11 Å². The molecule has 0 spiro atoms. The molecule has 2 aromatic heterocycles. The van der Waals surface area contributed by atoms with Crippen molar-refractivity contribution in [1.82, 2.24) is 19.9 Å². The maximum Gasteiger partial charge on any atom is 0.226 e. The summed E-state index contributed by atoms with van der Waals surface area (Å²) in [4.78, 5) is 15.4. The summed E-state index contributed by atoms with van der Waals surface area (Å²) in [6, 6.07) is 2.13. The molecule has 2 aromatic rings. The molecule has 0 amide bonds. The van der Waals surface area contributed by atoms with Gasteiger partial charge in [-0.25, -0.2) is 4.98 Å². The lowest BCUT2D eigenvalue weighted by Crippen LogP contribution is -2.37. The van der Waals surface area contributed by atoms with Crippen LogP contribution in [-0.2, 0) is 0 Å². The summed E-state index contributed by atoms with van der Waals surface area (Å²) in [6.45, 7) is 2.15. The van der Waals surface area contributed by atoms with Crippen LogP contribution in [0.1, 0.15) is 12.8 Å². The van der Waals surface area contributed by atoms with Gasteiger partial charge in [-0.2, -0.15) is 9.97 Å². The predicted octanol–water partition coefficient (Wildman–Crippen LogP) is 1.12. The van der Waals surface area contributed by atoms with Gasteiger partial charge in [-0.15, -0.1) is 0 Å². The number of pyridine rings is 1. The van der Waals surface area contributed by atoms with Gasteiger partial charge in [0, 0.05) is 12.2 Å². The lowest BCUT2D eigenvalue weighted by molar-refractivity contribution is 0.263. The molecule has 7 nitrogen and oxygen atoms in total. The molecule has 0 saturated carbocycles. The van der Waals surface area contributed by atoms with E-state index in [1.165, 1.54) is 0 Å². The van der Waals surface area contributed by atoms with Crippen molar-refractivity contribution in [2.24, 2.45) is 0 Å². The molecule has 3 rings (SSSR count). The van der Waals surface area contributed by atoms with Crippen LogP contribution in [0.15, 0.2) is 12.3 Å². The van der Waals surface area contributed by atoms with Gasteiger partial charge in [-0.3, -0.25) is 0 Å². The number of piperidine rings is 1. The second kappa shape index (κ2) is 5.69. The molecular weight excluding hydrogens is 268 g/mol. The number of methoxy groups -OCH3 is 1. The Labute approximate surface area is 123 Å². The third-order valence-electron chi connectivity index (χ3n) is 3.86. The number of hydrogen-bond donors (Lipinski definition) is 2. The van der Waals surface area contributed by atoms with Gasteiger partial charge in [-0.05, 0) is 39.0 Å². The van der Waals surface area contributed by atoms with E-state index in [0.29, 0.717) is 34.6 Å². The Bertz CT molecular complexity index is 639. The SMILES string of the molecule is COc1ccnc2nc(NC3CCN(C)CC3)nc(N)c12. The van der Waals surface area contributed by atoms with Crippen LogP contribution in [0.25, 0.3) is 11.0 Å². The molecule has 21 heavy (non-hydrogen) atoms. The molecule has 7 heteroatoms. The minimum atomic E-state index is 0.378. The first-order chi connectivity index (χ1) is 10.2. The van der Waals surface area contributed by atoms with Crippen LogP contribution in [0.2, 0.25) is 0 Å². The van der Waals surface area contributed by atoms with Crippen LogP contribution in [0.5, 0.6) is 5.75 Å². The largest absolute Gasteiger partial charge is 0.496 e. The maximum absolute atomic E-state index is 6.04. The number of likely N-dealkylation sites (tertiary alicyclic amines) is 1. The number of rotatable bonds is 3. The molecule has 0 atom stereocenters. The number of hydrogen-bond acceptors (Lipinski definition) is 7. The van der Waals surface area contributed by atoms with E-state index in [9.17, 15) is 0 Å². The molecule has 1 aliphatic heterocycles. The molecule has 0 radical (unpaired) electrons. The summed E-state index contributed by atoms with van der Waals surface area (Å²) >= 11 is 0. The molecule has 3 heterocycles. The standard InChI is InChI=1S/C14H20N6O/c1-20-7-4-9(5-8-20)17-14-18-12(15)11-10(21-2)3-6-16-13(11)19-14/h3,6,9H,4-5,7-8H2,1-2H3,(H3,15,16,17,18,19). The number of fused-ring (bicyclic) bond motifs is 1. The fourth-order valence-corrected chi connectivity index (χ4v) is 2.62. The van der Waals surface area contributed by atoms with Crippen molar-refractivity contribution >= 4 is 22.8 Å². The van der Waals surface area contributed by atoms with Crippen molar-refractivity contribution in [2.75, 3.05) is 38.3 Å². The third-order valence-corrected chi connectivity index (χ3v) is 3.86. The fraction of sp³-hybridized carbons (Fsp3) is 0.500. The zero-order valence-corrected chi connectivity index (χ0v) is 12.3. The number of nitrogen functional groups attached to an aromatic ring is 1. The van der Waals surface area contributed by atoms with Crippen LogP contribution in [0.4, 0.5) is 11.8 Å². The average Bonchev–Trinajstić information content (AvgIpc) is 2.49. The Morgan fingerprint density at radius 3 is 2.81 bits per heavy atom. The Morgan fingerprint density at radius 1 is 1.33 bits per heavy atom. The summed E-state index contributed by atoms with van der Waals surface area (Å²) < 4.78 is 5.28. The normalized spacial score (nSPS) is 17.0. The van der Waals surface area contributed by atoms with Gasteiger partial charge >= 0.3 is 0 Å². The van der Waals surface area contributed by atoms with E-state index in [0.717, 1.165) is 25.9 Å². The summed E-state index contributed by atoms with van der Waals surface area (Å²) in [5, 5.41) is 4.02. The second-order valence-electron chi connectivity index (χ2n) is 5.37. The minimum Gasteiger partial charge on any atom is -0.496 e. The van der Waals surface area contributed by atoms with Gasteiger partial charge in [0.2, 0.25) is 5.95 Å². The summed E-state index contributed by atoms with van der Waals surface area (Å²) in [5.74, 6) is 1.57. The summed E-state index contributed by atoms with van der Waals surface area (Å²) in [5.41, 5.74) is 6.59. The number of ether oxygens (including phenoxy) is 1. The van der Waals surface area contributed by atoms with Crippen LogP contribution < -0.4 is 15.8 Å². The molecule has 0 unspecified atom stereocenters. The summed E-state index contributed by atoms with van der Waals surface area (Å²) in [7, 11) is 3.73. The zero-order chi connectivity index (χ0) is 14.8. The van der Waals surface area contributed by atoms with Gasteiger partial charge in [0.25, 0.3) is 0 Å². The first kappa shape index (κ1) is 13.8. The van der Waals surface area contributed by atoms with Crippen molar-refractivity contribution in [3.63, 3.8) is 0 Å². The van der Waals surface area contributed by atoms with E-state index in [4.69, 9.17) is 10.5 Å². The van der Waals surface area contributed by atoms with E-state index in [2.05, 4.69) is 32.2 Å². The van der Waals surface area contributed by atoms with Gasteiger partial charge < -0.3 is 20.7 Å². The topological polar surface area (TPSA) is 89.2 Å². The molecule has 1 aliphatic rings. The molecular formula is C14H20N6O. The third kappa shape index (κ3) is 2.82. The van der Waals surface area contributed by atoms with Gasteiger partial charge in [-0.1, -0.05) is 0 Å². The Morgan fingerprint density at radius 2 is 2.10 bits per heavy atom. The number of aromatic nitrogens is 3. The highest BCUT2D eigenvalue weighted by Gasteiger charge is 2.18. The monoisotopic (exact) mass is 288 g/mol. The minimum absolute atomic E-state index is 0.378. The summed E-state index contributed by atoms with van der Waals surface area (Å²) in [6.07, 6.45) is 3.81. The van der Waals surface area contributed by atoms with Gasteiger partial charge in [0.1, 0.15) is 17.0 Å². The van der Waals surface area contributed by atoms with Crippen LogP contribution in [0.3, 0.4) is 0 Å². The van der Waals surface area contributed by atoms with Crippen molar-refractivity contribution in [3.05, 3.63) is 12.3 Å². The van der Waals surface area contributed by atoms with E-state index in [-0.39, 0.29) is 0 Å². The molecule has 112 valence electrons. The van der Waals surface area contributed by atoms with E-state index >= 15 is 0 Å². The zero-order valence-electron chi connectivity index (χ0n) is 12.3. The lowest BCUT2D eigenvalue weighted by Gasteiger charge is -2.29. The molecule has 1 saturated heterocycles. The first-order valence-corrected chi connectivity index (χ1v) is 7.08. The highest BCUT2D eigenvalue weighted by molar-refractivity contribution is 5.91. The first-order valence-electron chi connectivity index (χ1n) is 7.08. The van der Waals surface area contributed by atoms with E-state index in [1.807, 2.05) is 0 Å².